The van der Waals surface area contributed by atoms with Crippen LogP contribution in [0.3, 0.4) is 0 Å². The molecule has 6 heteroatoms. The molecule has 2 N–H and O–H groups in total. The van der Waals surface area contributed by atoms with Crippen LogP contribution in [0.2, 0.25) is 0 Å². The number of benzene rings is 1. The quantitative estimate of drug-likeness (QED) is 0.747. The third kappa shape index (κ3) is 2.75. The lowest BCUT2D eigenvalue weighted by Gasteiger charge is -2.05. The van der Waals surface area contributed by atoms with Crippen molar-refractivity contribution in [2.75, 3.05) is 13.2 Å². The molecule has 0 aliphatic heterocycles. The van der Waals surface area contributed by atoms with E-state index < -0.39 is 0 Å². The Balaban J connectivity index is 2.28. The molecule has 0 saturated carbocycles. The van der Waals surface area contributed by atoms with Crippen LogP contribution in [0.5, 0.6) is 0 Å². The van der Waals surface area contributed by atoms with Gasteiger partial charge in [0.1, 0.15) is 6.54 Å². The number of para-hydroxylation sites is 2. The standard InChI is InChI=1S/C14H19N3O3/c1-2-16-11-6-3-4-7-12(11)17(14(16)20)10-13(19)15-8-5-9-18/h3-4,6-7,18H,2,5,8-10H2,1H3,(H,15,19). The summed E-state index contributed by atoms with van der Waals surface area (Å²) in [6.07, 6.45) is 0.511. The lowest BCUT2D eigenvalue weighted by Crippen LogP contribution is -2.33. The van der Waals surface area contributed by atoms with Gasteiger partial charge in [-0.3, -0.25) is 13.9 Å². The van der Waals surface area contributed by atoms with Gasteiger partial charge in [-0.15, -0.1) is 0 Å². The summed E-state index contributed by atoms with van der Waals surface area (Å²) in [5, 5.41) is 11.4. The maximum Gasteiger partial charge on any atom is 0.329 e. The lowest BCUT2D eigenvalue weighted by atomic mass is 10.3. The number of aryl methyl sites for hydroxylation is 1. The number of imidazole rings is 1. The summed E-state index contributed by atoms with van der Waals surface area (Å²) in [6.45, 7) is 2.92. The van der Waals surface area contributed by atoms with Crippen molar-refractivity contribution in [2.24, 2.45) is 0 Å². The Morgan fingerprint density at radius 1 is 1.25 bits per heavy atom. The number of carbonyl (C=O) groups excluding carboxylic acids is 1. The van der Waals surface area contributed by atoms with Gasteiger partial charge in [0, 0.05) is 19.7 Å². The zero-order valence-corrected chi connectivity index (χ0v) is 11.5. The second-order valence-electron chi connectivity index (χ2n) is 4.53. The predicted octanol–water partition coefficient (Wildman–Crippen LogP) is 0.322. The molecule has 1 heterocycles. The summed E-state index contributed by atoms with van der Waals surface area (Å²) < 4.78 is 3.13. The van der Waals surface area contributed by atoms with Crippen LogP contribution in [0, 0.1) is 0 Å². The van der Waals surface area contributed by atoms with E-state index in [1.54, 1.807) is 4.57 Å². The molecule has 20 heavy (non-hydrogen) atoms. The second kappa shape index (κ2) is 6.38. The van der Waals surface area contributed by atoms with Crippen molar-refractivity contribution in [3.63, 3.8) is 0 Å². The third-order valence-corrected chi connectivity index (χ3v) is 3.20. The number of hydrogen-bond acceptors (Lipinski definition) is 3. The number of aromatic nitrogens is 2. The molecule has 1 amide bonds. The molecule has 108 valence electrons. The molecule has 0 fully saturated rings. The lowest BCUT2D eigenvalue weighted by molar-refractivity contribution is -0.121. The molecule has 1 aromatic heterocycles. The number of rotatable bonds is 6. The molecule has 1 aromatic carbocycles. The van der Waals surface area contributed by atoms with Crippen LogP contribution in [0.25, 0.3) is 11.0 Å². The normalized spacial score (nSPS) is 10.9. The highest BCUT2D eigenvalue weighted by Crippen LogP contribution is 2.12. The molecule has 0 aliphatic rings. The molecule has 0 aliphatic carbocycles. The minimum absolute atomic E-state index is 0.00221. The summed E-state index contributed by atoms with van der Waals surface area (Å²) in [7, 11) is 0. The minimum atomic E-state index is -0.223. The van der Waals surface area contributed by atoms with Gasteiger partial charge in [0.15, 0.2) is 0 Å². The van der Waals surface area contributed by atoms with E-state index in [0.717, 1.165) is 11.0 Å². The summed E-state index contributed by atoms with van der Waals surface area (Å²) in [6, 6.07) is 7.44. The Bertz CT molecular complexity index is 657. The van der Waals surface area contributed by atoms with Crippen molar-refractivity contribution < 1.29 is 9.90 Å². The Labute approximate surface area is 116 Å². The number of aliphatic hydroxyl groups is 1. The molecule has 0 saturated heterocycles. The molecule has 0 atom stereocenters. The van der Waals surface area contributed by atoms with E-state index in [4.69, 9.17) is 5.11 Å². The molecular formula is C14H19N3O3. The summed E-state index contributed by atoms with van der Waals surface area (Å²) >= 11 is 0. The highest BCUT2D eigenvalue weighted by Gasteiger charge is 2.13. The van der Waals surface area contributed by atoms with Crippen molar-refractivity contribution >= 4 is 16.9 Å². The van der Waals surface area contributed by atoms with E-state index in [1.807, 2.05) is 31.2 Å². The van der Waals surface area contributed by atoms with Gasteiger partial charge in [0.05, 0.1) is 11.0 Å². The number of nitrogens with zero attached hydrogens (tertiary/aromatic N) is 2. The molecular weight excluding hydrogens is 258 g/mol. The van der Waals surface area contributed by atoms with Crippen molar-refractivity contribution in [3.05, 3.63) is 34.7 Å². The van der Waals surface area contributed by atoms with Gasteiger partial charge >= 0.3 is 5.69 Å². The molecule has 2 rings (SSSR count). The largest absolute Gasteiger partial charge is 0.396 e. The van der Waals surface area contributed by atoms with Crippen molar-refractivity contribution in [1.29, 1.82) is 0 Å². The maximum atomic E-state index is 12.3. The van der Waals surface area contributed by atoms with E-state index in [1.165, 1.54) is 4.57 Å². The highest BCUT2D eigenvalue weighted by atomic mass is 16.3. The van der Waals surface area contributed by atoms with Crippen molar-refractivity contribution in [1.82, 2.24) is 14.5 Å². The molecule has 0 bridgehead atoms. The van der Waals surface area contributed by atoms with Crippen LogP contribution in [0.1, 0.15) is 13.3 Å². The van der Waals surface area contributed by atoms with E-state index in [0.29, 0.717) is 19.5 Å². The first-order chi connectivity index (χ1) is 9.69. The van der Waals surface area contributed by atoms with Crippen LogP contribution in [-0.2, 0) is 17.9 Å². The Kier molecular flexibility index (Phi) is 4.57. The van der Waals surface area contributed by atoms with E-state index in [-0.39, 0.29) is 24.7 Å². The van der Waals surface area contributed by atoms with E-state index in [2.05, 4.69) is 5.32 Å². The molecule has 0 radical (unpaired) electrons. The predicted molar refractivity (Wildman–Crippen MR) is 76.6 cm³/mol. The van der Waals surface area contributed by atoms with Crippen molar-refractivity contribution in [3.8, 4) is 0 Å². The van der Waals surface area contributed by atoms with Gasteiger partial charge in [0.25, 0.3) is 0 Å². The fourth-order valence-corrected chi connectivity index (χ4v) is 2.24. The molecule has 0 spiro atoms. The zero-order chi connectivity index (χ0) is 14.5. The number of carbonyl (C=O) groups is 1. The van der Waals surface area contributed by atoms with Crippen LogP contribution in [0.15, 0.2) is 29.1 Å². The van der Waals surface area contributed by atoms with Crippen LogP contribution in [0.4, 0.5) is 0 Å². The average molecular weight is 277 g/mol. The number of aliphatic hydroxyl groups excluding tert-OH is 1. The fourth-order valence-electron chi connectivity index (χ4n) is 2.24. The van der Waals surface area contributed by atoms with Gasteiger partial charge in [-0.2, -0.15) is 0 Å². The third-order valence-electron chi connectivity index (χ3n) is 3.20. The number of nitrogens with one attached hydrogen (secondary N) is 1. The van der Waals surface area contributed by atoms with Gasteiger partial charge in [0.2, 0.25) is 5.91 Å². The Morgan fingerprint density at radius 3 is 2.50 bits per heavy atom. The monoisotopic (exact) mass is 277 g/mol. The fraction of sp³-hybridized carbons (Fsp3) is 0.429. The molecule has 2 aromatic rings. The first kappa shape index (κ1) is 14.3. The van der Waals surface area contributed by atoms with E-state index in [9.17, 15) is 9.59 Å². The molecule has 0 unspecified atom stereocenters. The Hall–Kier alpha value is -2.08. The highest BCUT2D eigenvalue weighted by molar-refractivity contribution is 5.80. The maximum absolute atomic E-state index is 12.3. The average Bonchev–Trinajstić information content (AvgIpc) is 2.72. The summed E-state index contributed by atoms with van der Waals surface area (Å²) in [5.41, 5.74) is 1.42. The van der Waals surface area contributed by atoms with Gasteiger partial charge < -0.3 is 10.4 Å². The number of hydrogen-bond donors (Lipinski definition) is 2. The van der Waals surface area contributed by atoms with Gasteiger partial charge in [-0.1, -0.05) is 12.1 Å². The van der Waals surface area contributed by atoms with Gasteiger partial charge in [-0.25, -0.2) is 4.79 Å². The Morgan fingerprint density at radius 2 is 1.90 bits per heavy atom. The van der Waals surface area contributed by atoms with Crippen LogP contribution in [-0.4, -0.2) is 33.3 Å². The van der Waals surface area contributed by atoms with Crippen molar-refractivity contribution in [2.45, 2.75) is 26.4 Å². The number of amides is 1. The SMILES string of the molecule is CCn1c(=O)n(CC(=O)NCCCO)c2ccccc21. The van der Waals surface area contributed by atoms with Crippen LogP contribution >= 0.6 is 0 Å². The zero-order valence-electron chi connectivity index (χ0n) is 11.5. The molecule has 6 nitrogen and oxygen atoms in total. The van der Waals surface area contributed by atoms with E-state index >= 15 is 0 Å². The second-order valence-corrected chi connectivity index (χ2v) is 4.53. The number of fused-ring (bicyclic) bond motifs is 1. The topological polar surface area (TPSA) is 76.3 Å². The van der Waals surface area contributed by atoms with Crippen LogP contribution < -0.4 is 11.0 Å². The summed E-state index contributed by atoms with van der Waals surface area (Å²) in [4.78, 5) is 24.1. The minimum Gasteiger partial charge on any atom is -0.396 e. The first-order valence-corrected chi connectivity index (χ1v) is 6.74. The van der Waals surface area contributed by atoms with Gasteiger partial charge in [-0.05, 0) is 25.5 Å². The smallest absolute Gasteiger partial charge is 0.329 e. The first-order valence-electron chi connectivity index (χ1n) is 6.74. The summed E-state index contributed by atoms with van der Waals surface area (Å²) in [5.74, 6) is -0.223.